The molecule has 1 aliphatic rings. The number of aliphatic imine (C=N–C) groups is 1. The number of carboxylic acid groups (broad SMARTS) is 1. The topological polar surface area (TPSA) is 52.9 Å². The van der Waals surface area contributed by atoms with Crippen molar-refractivity contribution < 1.29 is 9.90 Å². The van der Waals surface area contributed by atoms with Crippen LogP contribution in [0.3, 0.4) is 0 Å². The molecule has 1 aliphatic heterocycles. The Balaban J connectivity index is 2.13. The Kier molecular flexibility index (Phi) is 6.72. The van der Waals surface area contributed by atoms with E-state index in [1.54, 1.807) is 0 Å². The van der Waals surface area contributed by atoms with E-state index < -0.39 is 5.97 Å². The monoisotopic (exact) mass is 356 g/mol. The number of fused-ring (bicyclic) bond motifs is 1. The van der Waals surface area contributed by atoms with Crippen LogP contribution >= 0.6 is 23.2 Å². The van der Waals surface area contributed by atoms with Gasteiger partial charge in [-0.3, -0.25) is 9.79 Å². The molecule has 0 radical (unpaired) electrons. The molecule has 0 saturated heterocycles. The van der Waals surface area contributed by atoms with Crippen LogP contribution in [-0.4, -0.2) is 41.6 Å². The van der Waals surface area contributed by atoms with Crippen LogP contribution in [0.25, 0.3) is 0 Å². The van der Waals surface area contributed by atoms with Crippen molar-refractivity contribution in [1.29, 1.82) is 0 Å². The molecule has 0 aliphatic carbocycles. The van der Waals surface area contributed by atoms with E-state index in [9.17, 15) is 4.79 Å². The number of carboxylic acids is 1. The van der Waals surface area contributed by atoms with Crippen LogP contribution in [-0.2, 0) is 4.79 Å². The second-order valence-electron chi connectivity index (χ2n) is 5.68. The highest BCUT2D eigenvalue weighted by molar-refractivity contribution is 6.18. The van der Waals surface area contributed by atoms with Gasteiger partial charge < -0.3 is 10.0 Å². The maximum Gasteiger partial charge on any atom is 0.303 e. The summed E-state index contributed by atoms with van der Waals surface area (Å²) in [5, 5.41) is 8.76. The van der Waals surface area contributed by atoms with E-state index in [2.05, 4.69) is 30.0 Å². The van der Waals surface area contributed by atoms with E-state index in [4.69, 9.17) is 33.3 Å². The van der Waals surface area contributed by atoms with Crippen molar-refractivity contribution in [3.63, 3.8) is 0 Å². The highest BCUT2D eigenvalue weighted by Gasteiger charge is 2.23. The maximum absolute atomic E-state index is 10.6. The summed E-state index contributed by atoms with van der Waals surface area (Å²) in [6.45, 7) is 3.62. The minimum Gasteiger partial charge on any atom is -0.481 e. The minimum absolute atomic E-state index is 0.187. The van der Waals surface area contributed by atoms with Gasteiger partial charge in [0.05, 0.1) is 5.69 Å². The summed E-state index contributed by atoms with van der Waals surface area (Å²) in [6, 6.07) is 6.28. The van der Waals surface area contributed by atoms with Crippen molar-refractivity contribution in [2.24, 2.45) is 4.99 Å². The van der Waals surface area contributed by atoms with Crippen LogP contribution in [0.5, 0.6) is 0 Å². The third kappa shape index (κ3) is 4.61. The molecule has 0 fully saturated rings. The highest BCUT2D eigenvalue weighted by Crippen LogP contribution is 2.39. The number of alkyl halides is 2. The number of rotatable bonds is 9. The lowest BCUT2D eigenvalue weighted by Crippen LogP contribution is -2.27. The molecule has 0 saturated carbocycles. The first-order chi connectivity index (χ1) is 11.1. The molecule has 0 bridgehead atoms. The van der Waals surface area contributed by atoms with Crippen molar-refractivity contribution in [2.45, 2.75) is 32.1 Å². The van der Waals surface area contributed by atoms with Gasteiger partial charge in [0.1, 0.15) is 0 Å². The molecule has 6 heteroatoms. The molecule has 2 rings (SSSR count). The normalized spacial score (nSPS) is 16.1. The lowest BCUT2D eigenvalue weighted by atomic mass is 9.94. The molecule has 0 amide bonds. The van der Waals surface area contributed by atoms with Gasteiger partial charge in [-0.05, 0) is 30.5 Å². The summed E-state index contributed by atoms with van der Waals surface area (Å²) < 4.78 is 0. The molecule has 23 heavy (non-hydrogen) atoms. The van der Waals surface area contributed by atoms with Gasteiger partial charge in [-0.25, -0.2) is 0 Å². The van der Waals surface area contributed by atoms with E-state index in [-0.39, 0.29) is 12.3 Å². The molecule has 1 aromatic carbocycles. The SMILES string of the molecule is CC1C(CCCC(=O)O)=Nc2cc(N(CCCl)CCCl)ccc21. The van der Waals surface area contributed by atoms with Gasteiger partial charge in [-0.15, -0.1) is 23.2 Å². The average Bonchev–Trinajstić information content (AvgIpc) is 2.83. The molecule has 0 spiro atoms. The van der Waals surface area contributed by atoms with Gasteiger partial charge in [0.2, 0.25) is 0 Å². The fraction of sp³-hybridized carbons (Fsp3) is 0.529. The van der Waals surface area contributed by atoms with Crippen molar-refractivity contribution >= 4 is 46.3 Å². The number of aliphatic carboxylic acids is 1. The van der Waals surface area contributed by atoms with Crippen LogP contribution in [0.1, 0.15) is 37.7 Å². The predicted molar refractivity (Wildman–Crippen MR) is 97.1 cm³/mol. The number of hydrogen-bond donors (Lipinski definition) is 1. The zero-order valence-corrected chi connectivity index (χ0v) is 14.8. The Morgan fingerprint density at radius 1 is 1.30 bits per heavy atom. The Morgan fingerprint density at radius 2 is 2.00 bits per heavy atom. The van der Waals surface area contributed by atoms with Crippen LogP contribution in [0.2, 0.25) is 0 Å². The molecular formula is C17H22Cl2N2O2. The van der Waals surface area contributed by atoms with Crippen molar-refractivity contribution in [3.05, 3.63) is 23.8 Å². The number of halogens is 2. The summed E-state index contributed by atoms with van der Waals surface area (Å²) >= 11 is 11.7. The van der Waals surface area contributed by atoms with E-state index in [1.165, 1.54) is 5.56 Å². The third-order valence-corrected chi connectivity index (χ3v) is 4.48. The summed E-state index contributed by atoms with van der Waals surface area (Å²) in [5.74, 6) is 0.596. The summed E-state index contributed by atoms with van der Waals surface area (Å²) in [6.07, 6.45) is 1.54. The molecule has 1 N–H and O–H groups in total. The number of carbonyl (C=O) groups is 1. The van der Waals surface area contributed by atoms with E-state index in [0.717, 1.165) is 36.6 Å². The molecule has 1 heterocycles. The molecule has 1 atom stereocenters. The Bertz CT molecular complexity index is 584. The van der Waals surface area contributed by atoms with Crippen molar-refractivity contribution in [2.75, 3.05) is 29.7 Å². The fourth-order valence-corrected chi connectivity index (χ4v) is 3.30. The van der Waals surface area contributed by atoms with Crippen LogP contribution in [0, 0.1) is 0 Å². The maximum atomic E-state index is 10.6. The third-order valence-electron chi connectivity index (χ3n) is 4.14. The lowest BCUT2D eigenvalue weighted by Gasteiger charge is -2.23. The first-order valence-electron chi connectivity index (χ1n) is 7.87. The average molecular weight is 357 g/mol. The molecule has 1 unspecified atom stereocenters. The van der Waals surface area contributed by atoms with Gasteiger partial charge in [-0.1, -0.05) is 13.0 Å². The van der Waals surface area contributed by atoms with Gasteiger partial charge in [0.25, 0.3) is 0 Å². The van der Waals surface area contributed by atoms with Crippen molar-refractivity contribution in [1.82, 2.24) is 0 Å². The van der Waals surface area contributed by atoms with Crippen LogP contribution in [0.15, 0.2) is 23.2 Å². The number of benzene rings is 1. The molecule has 0 aromatic heterocycles. The van der Waals surface area contributed by atoms with E-state index >= 15 is 0 Å². The standard InChI is InChI=1S/C17H22Cl2N2O2/c1-12-14-6-5-13(21(9-7-18)10-8-19)11-16(14)20-15(12)3-2-4-17(22)23/h5-6,11-12H,2-4,7-10H2,1H3,(H,22,23). The Morgan fingerprint density at radius 3 is 2.61 bits per heavy atom. The minimum atomic E-state index is -0.756. The van der Waals surface area contributed by atoms with Gasteiger partial charge >= 0.3 is 5.97 Å². The largest absolute Gasteiger partial charge is 0.481 e. The summed E-state index contributed by atoms with van der Waals surface area (Å²) in [5.41, 5.74) is 4.33. The number of nitrogens with zero attached hydrogens (tertiary/aromatic N) is 2. The van der Waals surface area contributed by atoms with Gasteiger partial charge in [0.15, 0.2) is 0 Å². The summed E-state index contributed by atoms with van der Waals surface area (Å²) in [4.78, 5) is 17.5. The van der Waals surface area contributed by atoms with Gasteiger partial charge in [0, 0.05) is 48.6 Å². The fourth-order valence-electron chi connectivity index (χ4n) is 2.89. The molecular weight excluding hydrogens is 335 g/mol. The predicted octanol–water partition coefficient (Wildman–Crippen LogP) is 4.42. The van der Waals surface area contributed by atoms with E-state index in [0.29, 0.717) is 18.2 Å². The van der Waals surface area contributed by atoms with Crippen molar-refractivity contribution in [3.8, 4) is 0 Å². The first-order valence-corrected chi connectivity index (χ1v) is 8.93. The quantitative estimate of drug-likeness (QED) is 0.666. The smallest absolute Gasteiger partial charge is 0.303 e. The van der Waals surface area contributed by atoms with Crippen LogP contribution < -0.4 is 4.90 Å². The molecule has 126 valence electrons. The molecule has 4 nitrogen and oxygen atoms in total. The zero-order valence-electron chi connectivity index (χ0n) is 13.3. The van der Waals surface area contributed by atoms with Crippen LogP contribution in [0.4, 0.5) is 11.4 Å². The summed E-state index contributed by atoms with van der Waals surface area (Å²) in [7, 11) is 0. The zero-order chi connectivity index (χ0) is 16.8. The highest BCUT2D eigenvalue weighted by atomic mass is 35.5. The lowest BCUT2D eigenvalue weighted by molar-refractivity contribution is -0.137. The Hall–Kier alpha value is -1.26. The first kappa shape index (κ1) is 18.1. The second-order valence-corrected chi connectivity index (χ2v) is 6.44. The molecule has 1 aromatic rings. The van der Waals surface area contributed by atoms with Gasteiger partial charge in [-0.2, -0.15) is 0 Å². The number of anilines is 1. The van der Waals surface area contributed by atoms with E-state index in [1.807, 2.05) is 0 Å². The second kappa shape index (κ2) is 8.55. The Labute approximate surface area is 147 Å². The number of hydrogen-bond acceptors (Lipinski definition) is 3.